The van der Waals surface area contributed by atoms with Gasteiger partial charge in [-0.1, -0.05) is 26.0 Å². The number of aliphatic hydroxyl groups excluding tert-OH is 1. The van der Waals surface area contributed by atoms with Crippen molar-refractivity contribution < 1.29 is 5.11 Å². The zero-order valence-electron chi connectivity index (χ0n) is 11.5. The van der Waals surface area contributed by atoms with Crippen LogP contribution in [0, 0.1) is 0 Å². The molecule has 0 amide bonds. The molecule has 0 radical (unpaired) electrons. The normalized spacial score (nSPS) is 19.2. The highest BCUT2D eigenvalue weighted by Crippen LogP contribution is 2.42. The largest absolute Gasteiger partial charge is 0.396 e. The van der Waals surface area contributed by atoms with Gasteiger partial charge in [-0.25, -0.2) is 0 Å². The van der Waals surface area contributed by atoms with Gasteiger partial charge in [0.1, 0.15) is 0 Å². The smallest absolute Gasteiger partial charge is 0.0539 e. The molecule has 1 unspecified atom stereocenters. The van der Waals surface area contributed by atoms with Gasteiger partial charge in [-0.3, -0.25) is 0 Å². The van der Waals surface area contributed by atoms with E-state index in [9.17, 15) is 0 Å². The van der Waals surface area contributed by atoms with Crippen molar-refractivity contribution >= 4 is 17.4 Å². The Morgan fingerprint density at radius 1 is 1.44 bits per heavy atom. The zero-order chi connectivity index (χ0) is 13.1. The first kappa shape index (κ1) is 13.8. The van der Waals surface area contributed by atoms with Crippen LogP contribution in [0.2, 0.25) is 0 Å². The average Bonchev–Trinajstić information content (AvgIpc) is 2.37. The molecule has 1 N–H and O–H groups in total. The summed E-state index contributed by atoms with van der Waals surface area (Å²) in [5.41, 5.74) is 2.85. The van der Waals surface area contributed by atoms with E-state index in [2.05, 4.69) is 44.0 Å². The van der Waals surface area contributed by atoms with Crippen molar-refractivity contribution in [2.24, 2.45) is 0 Å². The van der Waals surface area contributed by atoms with Crippen LogP contribution in [-0.2, 0) is 0 Å². The minimum absolute atomic E-state index is 0.299. The predicted octanol–water partition coefficient (Wildman–Crippen LogP) is 3.49. The molecule has 0 aromatic heterocycles. The summed E-state index contributed by atoms with van der Waals surface area (Å²) in [6.45, 7) is 4.81. The number of hydrogen-bond acceptors (Lipinski definition) is 3. The monoisotopic (exact) mass is 265 g/mol. The summed E-state index contributed by atoms with van der Waals surface area (Å²) in [5, 5.41) is 9.00. The van der Waals surface area contributed by atoms with E-state index in [1.807, 2.05) is 11.8 Å². The Labute approximate surface area is 114 Å². The minimum atomic E-state index is 0.299. The van der Waals surface area contributed by atoms with Crippen molar-refractivity contribution in [2.45, 2.75) is 43.5 Å². The zero-order valence-corrected chi connectivity index (χ0v) is 12.3. The van der Waals surface area contributed by atoms with Crippen LogP contribution in [0.15, 0.2) is 23.1 Å². The first-order chi connectivity index (χ1) is 8.65. The summed E-state index contributed by atoms with van der Waals surface area (Å²) in [6, 6.07) is 7.19. The molecule has 0 bridgehead atoms. The van der Waals surface area contributed by atoms with Gasteiger partial charge in [-0.2, -0.15) is 0 Å². The molecule has 0 saturated carbocycles. The number of rotatable bonds is 4. The van der Waals surface area contributed by atoms with Crippen LogP contribution >= 0.6 is 11.8 Å². The fourth-order valence-corrected chi connectivity index (χ4v) is 3.92. The van der Waals surface area contributed by atoms with Crippen molar-refractivity contribution in [3.8, 4) is 0 Å². The summed E-state index contributed by atoms with van der Waals surface area (Å²) in [5.74, 6) is 1.69. The van der Waals surface area contributed by atoms with Crippen LogP contribution in [0.1, 0.15) is 38.2 Å². The van der Waals surface area contributed by atoms with Crippen molar-refractivity contribution in [1.29, 1.82) is 0 Å². The number of thioether (sulfide) groups is 1. The van der Waals surface area contributed by atoms with Gasteiger partial charge < -0.3 is 10.0 Å². The Kier molecular flexibility index (Phi) is 4.57. The number of para-hydroxylation sites is 1. The van der Waals surface area contributed by atoms with Crippen LogP contribution in [0.3, 0.4) is 0 Å². The average molecular weight is 265 g/mol. The Balaban J connectivity index is 2.29. The third-order valence-electron chi connectivity index (χ3n) is 3.68. The molecular weight excluding hydrogens is 242 g/mol. The molecular formula is C15H23NOS. The molecule has 0 saturated heterocycles. The highest BCUT2D eigenvalue weighted by molar-refractivity contribution is 7.99. The lowest BCUT2D eigenvalue weighted by Gasteiger charge is -2.37. The molecule has 0 fully saturated rings. The second-order valence-electron chi connectivity index (χ2n) is 5.29. The third-order valence-corrected chi connectivity index (χ3v) is 4.87. The van der Waals surface area contributed by atoms with E-state index in [1.165, 1.54) is 16.1 Å². The first-order valence-electron chi connectivity index (χ1n) is 6.74. The van der Waals surface area contributed by atoms with Gasteiger partial charge in [0.15, 0.2) is 0 Å². The molecule has 1 aromatic rings. The maximum atomic E-state index is 9.00. The fourth-order valence-electron chi connectivity index (χ4n) is 2.58. The Bertz CT molecular complexity index is 405. The first-order valence-corrected chi connectivity index (χ1v) is 7.73. The highest BCUT2D eigenvalue weighted by Gasteiger charge is 2.26. The topological polar surface area (TPSA) is 23.5 Å². The number of anilines is 1. The van der Waals surface area contributed by atoms with Gasteiger partial charge in [0.05, 0.1) is 5.69 Å². The van der Waals surface area contributed by atoms with Gasteiger partial charge in [0.25, 0.3) is 0 Å². The van der Waals surface area contributed by atoms with E-state index in [-0.39, 0.29) is 0 Å². The van der Waals surface area contributed by atoms with Gasteiger partial charge >= 0.3 is 0 Å². The quantitative estimate of drug-likeness (QED) is 0.901. The number of aliphatic hydroxyl groups is 1. The molecule has 3 heteroatoms. The lowest BCUT2D eigenvalue weighted by atomic mass is 9.99. The number of hydrogen-bond donors (Lipinski definition) is 1. The van der Waals surface area contributed by atoms with E-state index in [0.717, 1.165) is 18.6 Å². The molecule has 1 aromatic carbocycles. The molecule has 2 rings (SSSR count). The summed E-state index contributed by atoms with van der Waals surface area (Å²) in [6.07, 6.45) is 1.97. The number of nitrogens with zero attached hydrogens (tertiary/aromatic N) is 1. The molecule has 1 aliphatic heterocycles. The highest BCUT2D eigenvalue weighted by atomic mass is 32.2. The predicted molar refractivity (Wildman–Crippen MR) is 79.8 cm³/mol. The van der Waals surface area contributed by atoms with Crippen LogP contribution in [-0.4, -0.2) is 30.6 Å². The second kappa shape index (κ2) is 5.98. The van der Waals surface area contributed by atoms with E-state index in [1.54, 1.807) is 0 Å². The molecule has 1 atom stereocenters. The summed E-state index contributed by atoms with van der Waals surface area (Å²) < 4.78 is 0. The van der Waals surface area contributed by atoms with Gasteiger partial charge in [0, 0.05) is 30.3 Å². The fraction of sp³-hybridized carbons (Fsp3) is 0.600. The Hall–Kier alpha value is -0.670. The maximum absolute atomic E-state index is 9.00. The molecule has 0 spiro atoms. The number of benzene rings is 1. The van der Waals surface area contributed by atoms with E-state index < -0.39 is 0 Å². The van der Waals surface area contributed by atoms with Crippen molar-refractivity contribution in [1.82, 2.24) is 0 Å². The van der Waals surface area contributed by atoms with Crippen molar-refractivity contribution in [3.05, 3.63) is 23.8 Å². The summed E-state index contributed by atoms with van der Waals surface area (Å²) in [7, 11) is 2.20. The molecule has 2 nitrogen and oxygen atoms in total. The molecule has 1 aliphatic rings. The van der Waals surface area contributed by atoms with E-state index in [4.69, 9.17) is 5.11 Å². The lowest BCUT2D eigenvalue weighted by molar-refractivity contribution is 0.280. The van der Waals surface area contributed by atoms with Gasteiger partial charge in [-0.15, -0.1) is 11.8 Å². The van der Waals surface area contributed by atoms with E-state index >= 15 is 0 Å². The Morgan fingerprint density at radius 3 is 2.89 bits per heavy atom. The molecule has 0 aliphatic carbocycles. The van der Waals surface area contributed by atoms with Gasteiger partial charge in [-0.05, 0) is 30.4 Å². The van der Waals surface area contributed by atoms with Gasteiger partial charge in [0.2, 0.25) is 0 Å². The van der Waals surface area contributed by atoms with Crippen LogP contribution in [0.25, 0.3) is 0 Å². The Morgan fingerprint density at radius 2 is 2.22 bits per heavy atom. The SMILES string of the molecule is CC(C)c1cccc2c1N(C)C(CCCO)CS2. The second-order valence-corrected chi connectivity index (χ2v) is 6.35. The standard InChI is InChI=1S/C15H23NOS/c1-11(2)13-7-4-8-14-15(13)16(3)12(10-18-14)6-5-9-17/h4,7-8,11-12,17H,5-6,9-10H2,1-3H3. The molecule has 18 heavy (non-hydrogen) atoms. The molecule has 1 heterocycles. The number of fused-ring (bicyclic) bond motifs is 1. The molecule has 100 valence electrons. The third kappa shape index (κ3) is 2.67. The van der Waals surface area contributed by atoms with E-state index in [0.29, 0.717) is 18.6 Å². The summed E-state index contributed by atoms with van der Waals surface area (Å²) >= 11 is 1.96. The van der Waals surface area contributed by atoms with Crippen LogP contribution in [0.4, 0.5) is 5.69 Å². The van der Waals surface area contributed by atoms with Crippen LogP contribution < -0.4 is 4.90 Å². The van der Waals surface area contributed by atoms with Crippen molar-refractivity contribution in [2.75, 3.05) is 24.3 Å². The summed E-state index contributed by atoms with van der Waals surface area (Å²) in [4.78, 5) is 3.83. The lowest BCUT2D eigenvalue weighted by Crippen LogP contribution is -2.37. The van der Waals surface area contributed by atoms with Crippen molar-refractivity contribution in [3.63, 3.8) is 0 Å². The maximum Gasteiger partial charge on any atom is 0.0539 e. The minimum Gasteiger partial charge on any atom is -0.396 e. The van der Waals surface area contributed by atoms with Crippen LogP contribution in [0.5, 0.6) is 0 Å².